The lowest BCUT2D eigenvalue weighted by Crippen LogP contribution is -2.11. The molecule has 0 aliphatic rings. The van der Waals surface area contributed by atoms with E-state index in [1.807, 2.05) is 0 Å². The molecule has 2 aromatic rings. The van der Waals surface area contributed by atoms with Crippen molar-refractivity contribution in [2.45, 2.75) is 5.03 Å². The highest BCUT2D eigenvalue weighted by Gasteiger charge is 2.24. The molecule has 0 saturated carbocycles. The monoisotopic (exact) mass is 321 g/mol. The molecule has 10 heteroatoms. The third-order valence-corrected chi connectivity index (χ3v) is 3.83. The zero-order valence-corrected chi connectivity index (χ0v) is 12.3. The minimum absolute atomic E-state index is 0.120. The molecule has 0 aromatic carbocycles. The topological polar surface area (TPSA) is 79.9 Å². The van der Waals surface area contributed by atoms with E-state index in [1.165, 1.54) is 17.0 Å². The first kappa shape index (κ1) is 14.0. The molecule has 0 spiro atoms. The summed E-state index contributed by atoms with van der Waals surface area (Å²) in [5, 5.41) is 3.46. The third-order valence-electron chi connectivity index (χ3n) is 2.03. The maximum absolute atomic E-state index is 12.1. The van der Waals surface area contributed by atoms with Gasteiger partial charge in [0.05, 0.1) is 0 Å². The van der Waals surface area contributed by atoms with Crippen molar-refractivity contribution in [1.82, 2.24) is 19.5 Å². The first-order chi connectivity index (χ1) is 8.81. The Morgan fingerprint density at radius 2 is 2.05 bits per heavy atom. The van der Waals surface area contributed by atoms with Gasteiger partial charge in [-0.25, -0.2) is 4.98 Å². The fraction of sp³-hybridized carbons (Fsp3) is 0.222. The fourth-order valence-electron chi connectivity index (χ4n) is 1.29. The lowest BCUT2D eigenvalue weighted by Gasteiger charge is -2.03. The third kappa shape index (κ3) is 2.80. The van der Waals surface area contributed by atoms with Crippen molar-refractivity contribution in [2.75, 3.05) is 14.1 Å². The van der Waals surface area contributed by atoms with Crippen LogP contribution < -0.4 is 0 Å². The number of imidazole rings is 1. The number of aromatic nitrogens is 3. The number of nitrogens with zero attached hydrogens (tertiary/aromatic N) is 5. The Bertz CT molecular complexity index is 753. The van der Waals surface area contributed by atoms with Crippen LogP contribution in [0, 0.1) is 0 Å². The number of hydrogen-bond acceptors (Lipinski definition) is 4. The maximum atomic E-state index is 12.1. The summed E-state index contributed by atoms with van der Waals surface area (Å²) in [5.74, 6) is 0. The van der Waals surface area contributed by atoms with Gasteiger partial charge >= 0.3 is 10.0 Å². The zero-order valence-electron chi connectivity index (χ0n) is 9.95. The van der Waals surface area contributed by atoms with Gasteiger partial charge in [0.15, 0.2) is 10.8 Å². The lowest BCUT2D eigenvalue weighted by molar-refractivity contribution is 0.587. The molecular weight excluding hydrogens is 313 g/mol. The Morgan fingerprint density at radius 3 is 2.68 bits per heavy atom. The Labute approximate surface area is 119 Å². The van der Waals surface area contributed by atoms with Gasteiger partial charge in [0.1, 0.15) is 11.5 Å². The van der Waals surface area contributed by atoms with Crippen LogP contribution in [0.4, 0.5) is 0 Å². The van der Waals surface area contributed by atoms with Gasteiger partial charge in [-0.2, -0.15) is 18.0 Å². The summed E-state index contributed by atoms with van der Waals surface area (Å²) in [6.07, 6.45) is 1.15. The van der Waals surface area contributed by atoms with Crippen LogP contribution in [0.2, 0.25) is 10.3 Å². The van der Waals surface area contributed by atoms with Gasteiger partial charge in [-0.1, -0.05) is 23.2 Å². The van der Waals surface area contributed by atoms with Gasteiger partial charge in [0.25, 0.3) is 0 Å². The van der Waals surface area contributed by atoms with Crippen LogP contribution in [-0.4, -0.2) is 48.3 Å². The summed E-state index contributed by atoms with van der Waals surface area (Å²) in [7, 11) is -0.725. The summed E-state index contributed by atoms with van der Waals surface area (Å²) < 4.78 is 28.7. The Morgan fingerprint density at radius 1 is 1.37 bits per heavy atom. The van der Waals surface area contributed by atoms with Crippen LogP contribution in [-0.2, 0) is 10.0 Å². The molecule has 0 atom stereocenters. The largest absolute Gasteiger partial charge is 0.368 e. The first-order valence-electron chi connectivity index (χ1n) is 4.99. The van der Waals surface area contributed by atoms with Gasteiger partial charge in [-0.3, -0.25) is 0 Å². The molecule has 0 saturated heterocycles. The average Bonchev–Trinajstić information content (AvgIpc) is 2.62. The lowest BCUT2D eigenvalue weighted by atomic mass is 10.6. The van der Waals surface area contributed by atoms with Crippen LogP contribution in [0.1, 0.15) is 0 Å². The van der Waals surface area contributed by atoms with Crippen LogP contribution in [0.5, 0.6) is 0 Å². The molecule has 0 amide bonds. The zero-order chi connectivity index (χ0) is 14.2. The average molecular weight is 322 g/mol. The van der Waals surface area contributed by atoms with E-state index in [9.17, 15) is 8.42 Å². The number of rotatable bonds is 3. The van der Waals surface area contributed by atoms with E-state index in [4.69, 9.17) is 23.2 Å². The van der Waals surface area contributed by atoms with Crippen LogP contribution >= 0.6 is 23.2 Å². The molecule has 2 heterocycles. The predicted molar refractivity (Wildman–Crippen MR) is 72.4 cm³/mol. The second-order valence-corrected chi connectivity index (χ2v) is 6.09. The summed E-state index contributed by atoms with van der Waals surface area (Å²) in [4.78, 5) is 5.37. The van der Waals surface area contributed by atoms with E-state index < -0.39 is 10.0 Å². The Hall–Kier alpha value is -1.38. The fourth-order valence-corrected chi connectivity index (χ4v) is 2.91. The molecule has 0 bridgehead atoms. The molecule has 2 aromatic heterocycles. The molecule has 0 aliphatic carbocycles. The second kappa shape index (κ2) is 4.95. The van der Waals surface area contributed by atoms with Crippen molar-refractivity contribution in [1.29, 1.82) is 0 Å². The number of hydrogen-bond donors (Lipinski definition) is 0. The standard InChI is InChI=1S/C9H9Cl2N5O2S/c1-15(2)5-12-19(17,18)9-8(11)13-7-4-3-6(10)14-16(7)9/h3-5H,1-2H3/b12-5+. The van der Waals surface area contributed by atoms with Gasteiger partial charge in [0.2, 0.25) is 5.03 Å². The molecule has 0 aliphatic heterocycles. The van der Waals surface area contributed by atoms with Crippen molar-refractivity contribution in [3.05, 3.63) is 22.4 Å². The van der Waals surface area contributed by atoms with E-state index in [1.54, 1.807) is 14.1 Å². The van der Waals surface area contributed by atoms with E-state index in [0.29, 0.717) is 0 Å². The minimum Gasteiger partial charge on any atom is -0.368 e. The number of sulfonamides is 1. The van der Waals surface area contributed by atoms with Crippen LogP contribution in [0.3, 0.4) is 0 Å². The maximum Gasteiger partial charge on any atom is 0.304 e. The first-order valence-corrected chi connectivity index (χ1v) is 7.18. The smallest absolute Gasteiger partial charge is 0.304 e. The van der Waals surface area contributed by atoms with Crippen LogP contribution in [0.25, 0.3) is 5.65 Å². The molecule has 7 nitrogen and oxygen atoms in total. The number of halogens is 2. The molecule has 102 valence electrons. The molecular formula is C9H9Cl2N5O2S. The molecule has 19 heavy (non-hydrogen) atoms. The highest BCUT2D eigenvalue weighted by atomic mass is 35.5. The van der Waals surface area contributed by atoms with E-state index in [0.717, 1.165) is 10.9 Å². The molecule has 0 radical (unpaired) electrons. The summed E-state index contributed by atoms with van der Waals surface area (Å²) >= 11 is 11.6. The van der Waals surface area contributed by atoms with E-state index in [-0.39, 0.29) is 21.0 Å². The normalized spacial score (nSPS) is 12.4. The Balaban J connectivity index is 2.68. The minimum atomic E-state index is -4.01. The number of fused-ring (bicyclic) bond motifs is 1. The van der Waals surface area contributed by atoms with E-state index >= 15 is 0 Å². The Kier molecular flexibility index (Phi) is 3.66. The van der Waals surface area contributed by atoms with Crippen molar-refractivity contribution in [3.8, 4) is 0 Å². The molecule has 0 unspecified atom stereocenters. The SMILES string of the molecule is CN(C)/C=N/S(=O)(=O)c1c(Cl)nc2ccc(Cl)nn12. The van der Waals surface area contributed by atoms with Gasteiger partial charge in [0, 0.05) is 14.1 Å². The highest BCUT2D eigenvalue weighted by molar-refractivity contribution is 7.90. The van der Waals surface area contributed by atoms with Crippen molar-refractivity contribution < 1.29 is 8.42 Å². The van der Waals surface area contributed by atoms with Crippen molar-refractivity contribution >= 4 is 45.2 Å². The predicted octanol–water partition coefficient (Wildman–Crippen LogP) is 1.31. The van der Waals surface area contributed by atoms with Crippen LogP contribution in [0.15, 0.2) is 21.6 Å². The summed E-state index contributed by atoms with van der Waals surface area (Å²) in [6.45, 7) is 0. The summed E-state index contributed by atoms with van der Waals surface area (Å²) in [5.41, 5.74) is 0.271. The van der Waals surface area contributed by atoms with Crippen molar-refractivity contribution in [2.24, 2.45) is 4.40 Å². The second-order valence-electron chi connectivity index (χ2n) is 3.79. The molecule has 0 N–H and O–H groups in total. The molecule has 2 rings (SSSR count). The van der Waals surface area contributed by atoms with E-state index in [2.05, 4.69) is 14.5 Å². The quantitative estimate of drug-likeness (QED) is 0.629. The highest BCUT2D eigenvalue weighted by Crippen LogP contribution is 2.24. The van der Waals surface area contributed by atoms with Crippen molar-refractivity contribution in [3.63, 3.8) is 0 Å². The van der Waals surface area contributed by atoms with Gasteiger partial charge in [-0.05, 0) is 12.1 Å². The van der Waals surface area contributed by atoms with Gasteiger partial charge < -0.3 is 4.90 Å². The molecule has 0 fully saturated rings. The van der Waals surface area contributed by atoms with Gasteiger partial charge in [-0.15, -0.1) is 4.40 Å². The summed E-state index contributed by atoms with van der Waals surface area (Å²) in [6, 6.07) is 3.00.